The van der Waals surface area contributed by atoms with Crippen LogP contribution >= 0.6 is 0 Å². The molecule has 190 valence electrons. The Morgan fingerprint density at radius 2 is 1.74 bits per heavy atom. The molecule has 0 unspecified atom stereocenters. The molecule has 34 heavy (non-hydrogen) atoms. The Balaban J connectivity index is 2.01. The van der Waals surface area contributed by atoms with Crippen LogP contribution in [-0.4, -0.2) is 61.1 Å². The minimum Gasteiger partial charge on any atom is -0.425 e. The summed E-state index contributed by atoms with van der Waals surface area (Å²) in [6, 6.07) is 2.34. The molecule has 13 heteroatoms. The van der Waals surface area contributed by atoms with Gasteiger partial charge < -0.3 is 24.4 Å². The first-order valence-electron chi connectivity index (χ1n) is 10.3. The highest BCUT2D eigenvalue weighted by Gasteiger charge is 2.46. The van der Waals surface area contributed by atoms with E-state index in [-0.39, 0.29) is 19.6 Å². The van der Waals surface area contributed by atoms with Crippen molar-refractivity contribution in [3.63, 3.8) is 0 Å². The van der Waals surface area contributed by atoms with Crippen LogP contribution in [0.15, 0.2) is 27.5 Å². The average Bonchev–Trinajstić information content (AvgIpc) is 3.13. The number of oxazole rings is 1. The lowest BCUT2D eigenvalue weighted by Crippen LogP contribution is -2.61. The number of benzene rings is 1. The van der Waals surface area contributed by atoms with Gasteiger partial charge in [0.25, 0.3) is 6.01 Å². The second kappa shape index (κ2) is 8.38. The van der Waals surface area contributed by atoms with Gasteiger partial charge in [-0.1, -0.05) is 0 Å². The van der Waals surface area contributed by atoms with E-state index >= 15 is 0 Å². The summed E-state index contributed by atoms with van der Waals surface area (Å²) in [5.41, 5.74) is -4.40. The minimum absolute atomic E-state index is 0.0416. The van der Waals surface area contributed by atoms with Crippen LogP contribution in [0.25, 0.3) is 0 Å². The molecular formula is C21H27F4N3O5S. The maximum Gasteiger partial charge on any atom is 0.437 e. The number of piperazine rings is 1. The molecule has 8 nitrogen and oxygen atoms in total. The molecule has 1 fully saturated rings. The minimum atomic E-state index is -4.88. The molecule has 0 aliphatic carbocycles. The summed E-state index contributed by atoms with van der Waals surface area (Å²) in [6.07, 6.45) is -3.99. The molecule has 2 N–H and O–H groups in total. The molecule has 2 heterocycles. The fourth-order valence-electron chi connectivity index (χ4n) is 3.86. The van der Waals surface area contributed by atoms with Crippen molar-refractivity contribution in [1.82, 2.24) is 4.98 Å². The van der Waals surface area contributed by atoms with E-state index in [0.717, 1.165) is 26.2 Å². The predicted molar refractivity (Wildman–Crippen MR) is 116 cm³/mol. The van der Waals surface area contributed by atoms with Gasteiger partial charge in [0.2, 0.25) is 0 Å². The Labute approximate surface area is 194 Å². The van der Waals surface area contributed by atoms with Gasteiger partial charge in [-0.3, -0.25) is 0 Å². The van der Waals surface area contributed by atoms with Crippen LogP contribution in [0.1, 0.15) is 39.1 Å². The van der Waals surface area contributed by atoms with E-state index in [1.165, 1.54) is 30.9 Å². The quantitative estimate of drug-likeness (QED) is 0.593. The van der Waals surface area contributed by atoms with Crippen molar-refractivity contribution < 1.29 is 40.6 Å². The molecule has 0 saturated carbocycles. The molecule has 1 aliphatic rings. The molecule has 1 atom stereocenters. The standard InChI is InChI=1S/C21H27F4N3O5S/c1-19(2,29)15-11-27(12-6-7-13(22)14(10-12)34(5,31)32)8-9-28(15)18-26-16(21(23,24)25)17(33-18)20(3,4)30/h6-7,10,15,29-30H,8-9,11H2,1-5H3/t15-/m0/s1. The molecule has 0 bridgehead atoms. The maximum absolute atomic E-state index is 14.0. The third-order valence-electron chi connectivity index (χ3n) is 5.56. The third-order valence-corrected chi connectivity index (χ3v) is 6.67. The number of sulfone groups is 1. The zero-order valence-corrected chi connectivity index (χ0v) is 20.1. The summed E-state index contributed by atoms with van der Waals surface area (Å²) in [4.78, 5) is 6.19. The zero-order valence-electron chi connectivity index (χ0n) is 19.3. The highest BCUT2D eigenvalue weighted by Crippen LogP contribution is 2.40. The highest BCUT2D eigenvalue weighted by molar-refractivity contribution is 7.90. The molecule has 0 amide bonds. The number of hydrogen-bond donors (Lipinski definition) is 2. The molecule has 1 saturated heterocycles. The molecule has 1 aliphatic heterocycles. The first kappa shape index (κ1) is 26.2. The van der Waals surface area contributed by atoms with E-state index in [2.05, 4.69) is 4.98 Å². The SMILES string of the molecule is CC(C)(O)c1oc(N2CCN(c3ccc(F)c(S(C)(=O)=O)c3)C[C@H]2C(C)(C)O)nc1C(F)(F)F. The summed E-state index contributed by atoms with van der Waals surface area (Å²) in [6.45, 7) is 5.49. The second-order valence-electron chi connectivity index (χ2n) is 9.43. The van der Waals surface area contributed by atoms with E-state index < -0.39 is 61.4 Å². The molecule has 1 aromatic heterocycles. The van der Waals surface area contributed by atoms with Gasteiger partial charge in [0.15, 0.2) is 21.3 Å². The topological polar surface area (TPSA) is 107 Å². The normalized spacial score (nSPS) is 18.5. The van der Waals surface area contributed by atoms with Gasteiger partial charge in [-0.05, 0) is 45.9 Å². The smallest absolute Gasteiger partial charge is 0.425 e. The van der Waals surface area contributed by atoms with Gasteiger partial charge in [0.05, 0.1) is 11.6 Å². The molecule has 3 rings (SSSR count). The average molecular weight is 510 g/mol. The van der Waals surface area contributed by atoms with Crippen molar-refractivity contribution in [2.24, 2.45) is 0 Å². The Bertz CT molecular complexity index is 1140. The summed E-state index contributed by atoms with van der Waals surface area (Å²) < 4.78 is 83.9. The van der Waals surface area contributed by atoms with Crippen LogP contribution in [0.5, 0.6) is 0 Å². The van der Waals surface area contributed by atoms with E-state index in [1.807, 2.05) is 0 Å². The van der Waals surface area contributed by atoms with Crippen LogP contribution < -0.4 is 9.80 Å². The van der Waals surface area contributed by atoms with Crippen molar-refractivity contribution in [1.29, 1.82) is 0 Å². The number of nitrogens with zero attached hydrogens (tertiary/aromatic N) is 3. The predicted octanol–water partition coefficient (Wildman–Crippen LogP) is 2.93. The van der Waals surface area contributed by atoms with Crippen LogP contribution in [0.3, 0.4) is 0 Å². The van der Waals surface area contributed by atoms with E-state index in [0.29, 0.717) is 5.69 Å². The lowest BCUT2D eigenvalue weighted by atomic mass is 9.94. The third kappa shape index (κ3) is 5.31. The number of alkyl halides is 3. The number of aromatic nitrogens is 1. The second-order valence-corrected chi connectivity index (χ2v) is 11.4. The summed E-state index contributed by atoms with van der Waals surface area (Å²) in [5.74, 6) is -1.65. The van der Waals surface area contributed by atoms with Gasteiger partial charge in [-0.15, -0.1) is 0 Å². The summed E-state index contributed by atoms with van der Waals surface area (Å²) in [5, 5.41) is 21.0. The van der Waals surface area contributed by atoms with Crippen molar-refractivity contribution in [3.8, 4) is 0 Å². The molecular weight excluding hydrogens is 482 g/mol. The first-order chi connectivity index (χ1) is 15.3. The number of rotatable bonds is 5. The van der Waals surface area contributed by atoms with Crippen molar-refractivity contribution in [2.75, 3.05) is 35.7 Å². The number of hydrogen-bond acceptors (Lipinski definition) is 8. The largest absolute Gasteiger partial charge is 0.437 e. The Morgan fingerprint density at radius 3 is 2.21 bits per heavy atom. The summed E-state index contributed by atoms with van der Waals surface area (Å²) >= 11 is 0. The van der Waals surface area contributed by atoms with E-state index in [4.69, 9.17) is 4.42 Å². The Kier molecular flexibility index (Phi) is 6.46. The van der Waals surface area contributed by atoms with Gasteiger partial charge >= 0.3 is 6.18 Å². The Morgan fingerprint density at radius 1 is 1.12 bits per heavy atom. The van der Waals surface area contributed by atoms with Gasteiger partial charge in [-0.2, -0.15) is 18.2 Å². The maximum atomic E-state index is 14.0. The van der Waals surface area contributed by atoms with Gasteiger partial charge in [-0.25, -0.2) is 12.8 Å². The lowest BCUT2D eigenvalue weighted by molar-refractivity contribution is -0.144. The fourth-order valence-corrected chi connectivity index (χ4v) is 4.62. The lowest BCUT2D eigenvalue weighted by Gasteiger charge is -2.46. The van der Waals surface area contributed by atoms with Crippen LogP contribution in [0.4, 0.5) is 29.3 Å². The molecule has 0 radical (unpaired) electrons. The monoisotopic (exact) mass is 509 g/mol. The Hall–Kier alpha value is -2.38. The molecule has 1 aromatic carbocycles. The van der Waals surface area contributed by atoms with Crippen molar-refractivity contribution in [2.45, 2.75) is 56.0 Å². The zero-order chi connectivity index (χ0) is 25.9. The van der Waals surface area contributed by atoms with Crippen LogP contribution in [-0.2, 0) is 21.6 Å². The highest BCUT2D eigenvalue weighted by atomic mass is 32.2. The molecule has 0 spiro atoms. The van der Waals surface area contributed by atoms with E-state index in [9.17, 15) is 36.2 Å². The van der Waals surface area contributed by atoms with Gasteiger partial charge in [0.1, 0.15) is 16.3 Å². The van der Waals surface area contributed by atoms with Crippen LogP contribution in [0.2, 0.25) is 0 Å². The fraction of sp³-hybridized carbons (Fsp3) is 0.571. The van der Waals surface area contributed by atoms with Crippen molar-refractivity contribution in [3.05, 3.63) is 35.5 Å². The van der Waals surface area contributed by atoms with Crippen molar-refractivity contribution >= 4 is 21.5 Å². The number of halogens is 4. The van der Waals surface area contributed by atoms with E-state index in [1.54, 1.807) is 4.90 Å². The van der Waals surface area contributed by atoms with Gasteiger partial charge in [0, 0.05) is 31.6 Å². The molecule has 2 aromatic rings. The number of anilines is 2. The summed E-state index contributed by atoms with van der Waals surface area (Å²) in [7, 11) is -3.84. The number of aliphatic hydroxyl groups is 2. The van der Waals surface area contributed by atoms with Crippen LogP contribution in [0, 0.1) is 5.82 Å². The first-order valence-corrected chi connectivity index (χ1v) is 12.2.